The van der Waals surface area contributed by atoms with Gasteiger partial charge < -0.3 is 10.6 Å². The summed E-state index contributed by atoms with van der Waals surface area (Å²) in [4.78, 5) is 26.4. The van der Waals surface area contributed by atoms with E-state index in [0.717, 1.165) is 18.7 Å². The number of hydrogen-bond donors (Lipinski definition) is 2. The van der Waals surface area contributed by atoms with E-state index in [1.54, 1.807) is 17.9 Å². The van der Waals surface area contributed by atoms with Crippen LogP contribution in [0.3, 0.4) is 0 Å². The number of aromatic nitrogens is 5. The Kier molecular flexibility index (Phi) is 3.51. The maximum absolute atomic E-state index is 12.4. The van der Waals surface area contributed by atoms with Gasteiger partial charge >= 0.3 is 0 Å². The summed E-state index contributed by atoms with van der Waals surface area (Å²) in [5.41, 5.74) is 6.66. The molecule has 3 N–H and O–H groups in total. The number of nitrogens with zero attached hydrogens (tertiary/aromatic N) is 5. The molecule has 2 aromatic heterocycles. The third-order valence-electron chi connectivity index (χ3n) is 3.69. The summed E-state index contributed by atoms with van der Waals surface area (Å²) in [6.07, 6.45) is 3.24. The van der Waals surface area contributed by atoms with Crippen LogP contribution >= 0.6 is 0 Å². The number of hydrogen-bond acceptors (Lipinski definition) is 6. The molecule has 0 radical (unpaired) electrons. The van der Waals surface area contributed by atoms with E-state index in [9.17, 15) is 4.79 Å². The van der Waals surface area contributed by atoms with E-state index in [1.807, 2.05) is 0 Å². The number of anilines is 1. The van der Waals surface area contributed by atoms with Gasteiger partial charge in [-0.3, -0.25) is 9.89 Å². The Hall–Kier alpha value is -2.51. The Labute approximate surface area is 121 Å². The van der Waals surface area contributed by atoms with Crippen LogP contribution in [0.5, 0.6) is 0 Å². The molecule has 2 aromatic rings. The molecular weight excluding hydrogens is 270 g/mol. The number of piperidine rings is 1. The molecule has 3 rings (SSSR count). The van der Waals surface area contributed by atoms with Gasteiger partial charge in [0.15, 0.2) is 0 Å². The van der Waals surface area contributed by atoms with E-state index < -0.39 is 0 Å². The SMILES string of the molecule is Cc1cc(C(=O)N2CCC(c3ncn[nH]3)CC2)nc(N)n1. The lowest BCUT2D eigenvalue weighted by Gasteiger charge is -2.30. The fourth-order valence-electron chi connectivity index (χ4n) is 2.63. The molecule has 3 heterocycles. The van der Waals surface area contributed by atoms with Crippen molar-refractivity contribution in [2.75, 3.05) is 18.8 Å². The van der Waals surface area contributed by atoms with Gasteiger partial charge in [-0.15, -0.1) is 0 Å². The van der Waals surface area contributed by atoms with Gasteiger partial charge in [0, 0.05) is 24.7 Å². The zero-order chi connectivity index (χ0) is 14.8. The van der Waals surface area contributed by atoms with Crippen molar-refractivity contribution in [1.82, 2.24) is 30.0 Å². The molecule has 21 heavy (non-hydrogen) atoms. The van der Waals surface area contributed by atoms with Gasteiger partial charge in [-0.2, -0.15) is 5.10 Å². The number of rotatable bonds is 2. The highest BCUT2D eigenvalue weighted by Gasteiger charge is 2.26. The largest absolute Gasteiger partial charge is 0.368 e. The molecule has 1 saturated heterocycles. The normalized spacial score (nSPS) is 16.1. The number of nitrogens with one attached hydrogen (secondary N) is 1. The Morgan fingerprint density at radius 3 is 2.76 bits per heavy atom. The molecular formula is C13H17N7O. The molecule has 8 nitrogen and oxygen atoms in total. The highest BCUT2D eigenvalue weighted by atomic mass is 16.2. The first-order valence-electron chi connectivity index (χ1n) is 6.89. The average Bonchev–Trinajstić information content (AvgIpc) is 3.00. The van der Waals surface area contributed by atoms with E-state index in [0.29, 0.717) is 30.4 Å². The quantitative estimate of drug-likeness (QED) is 0.831. The molecule has 110 valence electrons. The maximum Gasteiger partial charge on any atom is 0.272 e. The van der Waals surface area contributed by atoms with Crippen LogP contribution in [0.2, 0.25) is 0 Å². The molecule has 0 saturated carbocycles. The lowest BCUT2D eigenvalue weighted by Crippen LogP contribution is -2.38. The van der Waals surface area contributed by atoms with Crippen LogP contribution in [0, 0.1) is 6.92 Å². The number of amides is 1. The molecule has 0 unspecified atom stereocenters. The molecule has 0 bridgehead atoms. The molecule has 0 atom stereocenters. The first-order valence-corrected chi connectivity index (χ1v) is 6.89. The van der Waals surface area contributed by atoms with Gasteiger partial charge in [-0.05, 0) is 25.8 Å². The second-order valence-electron chi connectivity index (χ2n) is 5.19. The van der Waals surface area contributed by atoms with E-state index in [2.05, 4.69) is 25.1 Å². The van der Waals surface area contributed by atoms with Gasteiger partial charge in [0.25, 0.3) is 5.91 Å². The van der Waals surface area contributed by atoms with Crippen LogP contribution in [0.1, 0.15) is 40.8 Å². The highest BCUT2D eigenvalue weighted by molar-refractivity contribution is 5.92. The molecule has 0 aromatic carbocycles. The number of nitrogen functional groups attached to an aromatic ring is 1. The molecule has 1 amide bonds. The van der Waals surface area contributed by atoms with Crippen molar-refractivity contribution < 1.29 is 4.79 Å². The Morgan fingerprint density at radius 1 is 1.38 bits per heavy atom. The number of aryl methyl sites for hydroxylation is 1. The number of carbonyl (C=O) groups is 1. The number of aromatic amines is 1. The topological polar surface area (TPSA) is 114 Å². The van der Waals surface area contributed by atoms with Crippen molar-refractivity contribution in [2.45, 2.75) is 25.7 Å². The first-order chi connectivity index (χ1) is 10.1. The maximum atomic E-state index is 12.4. The van der Waals surface area contributed by atoms with E-state index >= 15 is 0 Å². The standard InChI is InChI=1S/C13H17N7O/c1-8-6-10(18-13(14)17-8)12(21)20-4-2-9(3-5-20)11-15-7-16-19-11/h6-7,9H,2-5H2,1H3,(H2,14,17,18)(H,15,16,19). The average molecular weight is 287 g/mol. The molecule has 8 heteroatoms. The van der Waals surface area contributed by atoms with Crippen molar-refractivity contribution in [3.8, 4) is 0 Å². The lowest BCUT2D eigenvalue weighted by atomic mass is 9.96. The Bertz CT molecular complexity index is 612. The minimum absolute atomic E-state index is 0.0942. The minimum atomic E-state index is -0.0942. The number of likely N-dealkylation sites (tertiary alicyclic amines) is 1. The van der Waals surface area contributed by atoms with E-state index in [1.165, 1.54) is 6.33 Å². The lowest BCUT2D eigenvalue weighted by molar-refractivity contribution is 0.0705. The molecule has 1 aliphatic rings. The van der Waals surface area contributed by atoms with Gasteiger partial charge in [0.2, 0.25) is 5.95 Å². The Morgan fingerprint density at radius 2 is 2.14 bits per heavy atom. The Balaban J connectivity index is 1.67. The third-order valence-corrected chi connectivity index (χ3v) is 3.69. The van der Waals surface area contributed by atoms with E-state index in [4.69, 9.17) is 5.73 Å². The predicted octanol–water partition coefficient (Wildman–Crippen LogP) is 0.505. The van der Waals surface area contributed by atoms with Crippen LogP contribution in [0.25, 0.3) is 0 Å². The highest BCUT2D eigenvalue weighted by Crippen LogP contribution is 2.25. The fraction of sp³-hybridized carbons (Fsp3) is 0.462. The van der Waals surface area contributed by atoms with Crippen molar-refractivity contribution in [2.24, 2.45) is 0 Å². The zero-order valence-electron chi connectivity index (χ0n) is 11.8. The second-order valence-corrected chi connectivity index (χ2v) is 5.19. The number of nitrogens with two attached hydrogens (primary N) is 1. The third kappa shape index (κ3) is 2.83. The summed E-state index contributed by atoms with van der Waals surface area (Å²) in [6.45, 7) is 3.14. The summed E-state index contributed by atoms with van der Waals surface area (Å²) >= 11 is 0. The summed E-state index contributed by atoms with van der Waals surface area (Å²) in [5.74, 6) is 1.26. The van der Waals surface area contributed by atoms with Crippen LogP contribution in [0.4, 0.5) is 5.95 Å². The summed E-state index contributed by atoms with van der Waals surface area (Å²) in [6, 6.07) is 1.67. The van der Waals surface area contributed by atoms with Crippen molar-refractivity contribution in [3.63, 3.8) is 0 Å². The second kappa shape index (κ2) is 5.47. The van der Waals surface area contributed by atoms with Gasteiger partial charge in [0.05, 0.1) is 0 Å². The molecule has 1 fully saturated rings. The van der Waals surface area contributed by atoms with Crippen molar-refractivity contribution >= 4 is 11.9 Å². The van der Waals surface area contributed by atoms with Gasteiger partial charge in [-0.1, -0.05) is 0 Å². The summed E-state index contributed by atoms with van der Waals surface area (Å²) in [5, 5.41) is 6.77. The monoisotopic (exact) mass is 287 g/mol. The number of carbonyl (C=O) groups excluding carboxylic acids is 1. The molecule has 1 aliphatic heterocycles. The van der Waals surface area contributed by atoms with Crippen LogP contribution in [-0.2, 0) is 0 Å². The van der Waals surface area contributed by atoms with Crippen molar-refractivity contribution in [3.05, 3.63) is 29.6 Å². The van der Waals surface area contributed by atoms with Crippen LogP contribution in [0.15, 0.2) is 12.4 Å². The molecule has 0 aliphatic carbocycles. The fourth-order valence-corrected chi connectivity index (χ4v) is 2.63. The zero-order valence-corrected chi connectivity index (χ0v) is 11.8. The first kappa shape index (κ1) is 13.5. The van der Waals surface area contributed by atoms with Crippen LogP contribution < -0.4 is 5.73 Å². The predicted molar refractivity (Wildman–Crippen MR) is 75.4 cm³/mol. The minimum Gasteiger partial charge on any atom is -0.368 e. The van der Waals surface area contributed by atoms with Crippen molar-refractivity contribution in [1.29, 1.82) is 0 Å². The molecule has 0 spiro atoms. The summed E-state index contributed by atoms with van der Waals surface area (Å²) < 4.78 is 0. The van der Waals surface area contributed by atoms with Gasteiger partial charge in [-0.25, -0.2) is 15.0 Å². The van der Waals surface area contributed by atoms with E-state index in [-0.39, 0.29) is 11.9 Å². The smallest absolute Gasteiger partial charge is 0.272 e. The number of H-pyrrole nitrogens is 1. The van der Waals surface area contributed by atoms with Gasteiger partial charge in [0.1, 0.15) is 17.8 Å². The summed E-state index contributed by atoms with van der Waals surface area (Å²) in [7, 11) is 0. The van der Waals surface area contributed by atoms with Crippen LogP contribution in [-0.4, -0.2) is 49.0 Å².